The van der Waals surface area contributed by atoms with Crippen molar-refractivity contribution in [1.29, 1.82) is 0 Å². The van der Waals surface area contributed by atoms with Crippen molar-refractivity contribution in [2.45, 2.75) is 11.3 Å². The molecule has 0 heterocycles. The minimum Gasteiger partial charge on any atom is -0.495 e. The smallest absolute Gasteiger partial charge is 0.262 e. The fraction of sp³-hybridized carbons (Fsp3) is 0.278. The lowest BCUT2D eigenvalue weighted by molar-refractivity contribution is 0.0948. The van der Waals surface area contributed by atoms with E-state index in [0.717, 1.165) is 0 Å². The average Bonchev–Trinajstić information content (AvgIpc) is 2.65. The van der Waals surface area contributed by atoms with Crippen molar-refractivity contribution in [1.82, 2.24) is 5.32 Å². The first-order valence-corrected chi connectivity index (χ1v) is 9.49. The summed E-state index contributed by atoms with van der Waals surface area (Å²) in [5, 5.41) is 2.73. The van der Waals surface area contributed by atoms with Gasteiger partial charge in [0.15, 0.2) is 0 Å². The van der Waals surface area contributed by atoms with Crippen molar-refractivity contribution in [2.75, 3.05) is 32.1 Å². The van der Waals surface area contributed by atoms with Gasteiger partial charge in [-0.1, -0.05) is 18.2 Å². The molecule has 2 aromatic carbocycles. The summed E-state index contributed by atoms with van der Waals surface area (Å²) < 4.78 is 37.8. The van der Waals surface area contributed by atoms with Crippen LogP contribution in [-0.4, -0.2) is 41.7 Å². The number of amides is 1. The molecule has 0 aromatic heterocycles. The van der Waals surface area contributed by atoms with E-state index in [1.807, 2.05) is 0 Å². The lowest BCUT2D eigenvalue weighted by Gasteiger charge is -2.12. The Balaban J connectivity index is 2.16. The molecular formula is C18H22N2O5S. The Bertz CT molecular complexity index is 852. The molecule has 1 amide bonds. The van der Waals surface area contributed by atoms with E-state index in [9.17, 15) is 13.2 Å². The van der Waals surface area contributed by atoms with Crippen molar-refractivity contribution in [3.63, 3.8) is 0 Å². The van der Waals surface area contributed by atoms with Crippen molar-refractivity contribution in [3.05, 3.63) is 54.1 Å². The number of methoxy groups -OCH3 is 2. The third kappa shape index (κ3) is 5.21. The van der Waals surface area contributed by atoms with Gasteiger partial charge in [-0.25, -0.2) is 8.42 Å². The Kier molecular flexibility index (Phi) is 6.99. The normalized spacial score (nSPS) is 11.0. The SMILES string of the molecule is COCCCNC(=O)c1cccc(S(=O)(=O)Nc2ccccc2OC)c1. The molecule has 0 saturated carbocycles. The zero-order valence-electron chi connectivity index (χ0n) is 14.7. The van der Waals surface area contributed by atoms with Gasteiger partial charge in [-0.3, -0.25) is 9.52 Å². The molecule has 0 aliphatic carbocycles. The minimum absolute atomic E-state index is 0.00653. The zero-order chi connectivity index (χ0) is 19.0. The van der Waals surface area contributed by atoms with Crippen molar-refractivity contribution in [3.8, 4) is 5.75 Å². The van der Waals surface area contributed by atoms with Gasteiger partial charge in [-0.15, -0.1) is 0 Å². The third-order valence-corrected chi connectivity index (χ3v) is 4.93. The Labute approximate surface area is 153 Å². The van der Waals surface area contributed by atoms with E-state index >= 15 is 0 Å². The molecule has 0 radical (unpaired) electrons. The van der Waals surface area contributed by atoms with Crippen LogP contribution < -0.4 is 14.8 Å². The first-order valence-electron chi connectivity index (χ1n) is 8.01. The summed E-state index contributed by atoms with van der Waals surface area (Å²) in [5.41, 5.74) is 0.592. The third-order valence-electron chi connectivity index (χ3n) is 3.57. The van der Waals surface area contributed by atoms with Gasteiger partial charge in [0.05, 0.1) is 17.7 Å². The number of carbonyl (C=O) groups is 1. The first-order chi connectivity index (χ1) is 12.5. The summed E-state index contributed by atoms with van der Waals surface area (Å²) in [7, 11) is -0.813. The molecule has 7 nitrogen and oxygen atoms in total. The second kappa shape index (κ2) is 9.21. The molecule has 0 unspecified atom stereocenters. The highest BCUT2D eigenvalue weighted by Crippen LogP contribution is 2.26. The van der Waals surface area contributed by atoms with E-state index in [0.29, 0.717) is 31.0 Å². The van der Waals surface area contributed by atoms with E-state index in [4.69, 9.17) is 9.47 Å². The highest BCUT2D eigenvalue weighted by molar-refractivity contribution is 7.92. The maximum absolute atomic E-state index is 12.6. The molecule has 0 saturated heterocycles. The fourth-order valence-electron chi connectivity index (χ4n) is 2.26. The maximum Gasteiger partial charge on any atom is 0.262 e. The molecule has 140 valence electrons. The van der Waals surface area contributed by atoms with E-state index in [-0.39, 0.29) is 16.4 Å². The summed E-state index contributed by atoms with van der Waals surface area (Å²) in [6.07, 6.45) is 0.676. The number of benzene rings is 2. The predicted octanol–water partition coefficient (Wildman–Crippen LogP) is 2.26. The van der Waals surface area contributed by atoms with E-state index in [2.05, 4.69) is 10.0 Å². The van der Waals surface area contributed by atoms with Gasteiger partial charge in [-0.2, -0.15) is 0 Å². The number of sulfonamides is 1. The average molecular weight is 378 g/mol. The molecular weight excluding hydrogens is 356 g/mol. The summed E-state index contributed by atoms with van der Waals surface area (Å²) in [6, 6.07) is 12.6. The fourth-order valence-corrected chi connectivity index (χ4v) is 3.37. The predicted molar refractivity (Wildman–Crippen MR) is 99.1 cm³/mol. The maximum atomic E-state index is 12.6. The van der Waals surface area contributed by atoms with Gasteiger partial charge in [0.1, 0.15) is 5.75 Å². The lowest BCUT2D eigenvalue weighted by Crippen LogP contribution is -2.25. The monoisotopic (exact) mass is 378 g/mol. The Morgan fingerprint density at radius 1 is 1.08 bits per heavy atom. The lowest BCUT2D eigenvalue weighted by atomic mass is 10.2. The van der Waals surface area contributed by atoms with Crippen LogP contribution in [0.3, 0.4) is 0 Å². The highest BCUT2D eigenvalue weighted by atomic mass is 32.2. The van der Waals surface area contributed by atoms with Gasteiger partial charge < -0.3 is 14.8 Å². The summed E-state index contributed by atoms with van der Waals surface area (Å²) >= 11 is 0. The Morgan fingerprint density at radius 2 is 1.85 bits per heavy atom. The van der Waals surface area contributed by atoms with Crippen LogP contribution in [0.4, 0.5) is 5.69 Å². The van der Waals surface area contributed by atoms with Gasteiger partial charge in [-0.05, 0) is 36.8 Å². The van der Waals surface area contributed by atoms with Gasteiger partial charge in [0.25, 0.3) is 15.9 Å². The first kappa shape index (κ1) is 19.7. The van der Waals surface area contributed by atoms with Crippen LogP contribution in [0, 0.1) is 0 Å². The molecule has 2 aromatic rings. The highest BCUT2D eigenvalue weighted by Gasteiger charge is 2.18. The van der Waals surface area contributed by atoms with Crippen LogP contribution >= 0.6 is 0 Å². The molecule has 2 N–H and O–H groups in total. The molecule has 0 spiro atoms. The molecule has 0 aliphatic heterocycles. The number of ether oxygens (including phenoxy) is 2. The van der Waals surface area contributed by atoms with Gasteiger partial charge >= 0.3 is 0 Å². The molecule has 26 heavy (non-hydrogen) atoms. The molecule has 0 fully saturated rings. The molecule has 2 rings (SSSR count). The van der Waals surface area contributed by atoms with Crippen LogP contribution in [0.1, 0.15) is 16.8 Å². The number of hydrogen-bond donors (Lipinski definition) is 2. The number of para-hydroxylation sites is 2. The molecule has 0 aliphatic rings. The number of anilines is 1. The summed E-state index contributed by atoms with van der Waals surface area (Å²) in [5.74, 6) is 0.0681. The van der Waals surface area contributed by atoms with Crippen molar-refractivity contribution in [2.24, 2.45) is 0 Å². The topological polar surface area (TPSA) is 93.7 Å². The summed E-state index contributed by atoms with van der Waals surface area (Å²) in [4.78, 5) is 12.2. The number of nitrogens with one attached hydrogen (secondary N) is 2. The van der Waals surface area contributed by atoms with Crippen molar-refractivity contribution >= 4 is 21.6 Å². The standard InChI is InChI=1S/C18H22N2O5S/c1-24-12-6-11-19-18(21)14-7-5-8-15(13-14)26(22,23)20-16-9-3-4-10-17(16)25-2/h3-5,7-10,13,20H,6,11-12H2,1-2H3,(H,19,21). The molecule has 0 atom stereocenters. The van der Waals surface area contributed by atoms with E-state index in [1.165, 1.54) is 25.3 Å². The number of hydrogen-bond acceptors (Lipinski definition) is 5. The van der Waals surface area contributed by atoms with Crippen LogP contribution in [-0.2, 0) is 14.8 Å². The molecule has 0 bridgehead atoms. The largest absolute Gasteiger partial charge is 0.495 e. The quantitative estimate of drug-likeness (QED) is 0.653. The number of rotatable bonds is 9. The second-order valence-corrected chi connectivity index (χ2v) is 7.12. The number of carbonyl (C=O) groups excluding carboxylic acids is 1. The zero-order valence-corrected chi connectivity index (χ0v) is 15.5. The Hall–Kier alpha value is -2.58. The second-order valence-electron chi connectivity index (χ2n) is 5.44. The van der Waals surface area contributed by atoms with Crippen molar-refractivity contribution < 1.29 is 22.7 Å². The van der Waals surface area contributed by atoms with Crippen LogP contribution in [0.2, 0.25) is 0 Å². The minimum atomic E-state index is -3.86. The van der Waals surface area contributed by atoms with Crippen LogP contribution in [0.5, 0.6) is 5.75 Å². The molecule has 8 heteroatoms. The van der Waals surface area contributed by atoms with Crippen LogP contribution in [0.25, 0.3) is 0 Å². The van der Waals surface area contributed by atoms with E-state index < -0.39 is 10.0 Å². The van der Waals surface area contributed by atoms with Crippen LogP contribution in [0.15, 0.2) is 53.4 Å². The summed E-state index contributed by atoms with van der Waals surface area (Å²) in [6.45, 7) is 0.987. The van der Waals surface area contributed by atoms with Gasteiger partial charge in [0.2, 0.25) is 0 Å². The Morgan fingerprint density at radius 3 is 2.58 bits per heavy atom. The van der Waals surface area contributed by atoms with Gasteiger partial charge in [0, 0.05) is 25.8 Å². The van der Waals surface area contributed by atoms with E-state index in [1.54, 1.807) is 37.4 Å².